The first-order chi connectivity index (χ1) is 11.7. The number of fused-ring (bicyclic) bond motifs is 7. The lowest BCUT2D eigenvalue weighted by atomic mass is 9.94. The Labute approximate surface area is 148 Å². The van der Waals surface area contributed by atoms with Crippen LogP contribution in [0, 0.1) is 13.8 Å². The number of aryl methyl sites for hydroxylation is 2. The average Bonchev–Trinajstić information content (AvgIpc) is 3.23. The second-order valence-corrected chi connectivity index (χ2v) is 8.74. The van der Waals surface area contributed by atoms with Gasteiger partial charge in [0.2, 0.25) is 0 Å². The molecule has 114 valence electrons. The van der Waals surface area contributed by atoms with E-state index in [9.17, 15) is 0 Å². The molecule has 0 radical (unpaired) electrons. The fourth-order valence-electron chi connectivity index (χ4n) is 4.28. The Kier molecular flexibility index (Phi) is 2.34. The number of thiophene rings is 2. The summed E-state index contributed by atoms with van der Waals surface area (Å²) in [6.07, 6.45) is 0. The van der Waals surface area contributed by atoms with Crippen molar-refractivity contribution in [3.05, 3.63) is 59.0 Å². The van der Waals surface area contributed by atoms with E-state index in [1.807, 2.05) is 22.7 Å². The van der Waals surface area contributed by atoms with Crippen molar-refractivity contribution in [1.82, 2.24) is 0 Å². The van der Waals surface area contributed by atoms with Gasteiger partial charge in [-0.05, 0) is 65.7 Å². The van der Waals surface area contributed by atoms with Crippen LogP contribution in [0.4, 0.5) is 0 Å². The second-order valence-electron chi connectivity index (χ2n) is 6.75. The van der Waals surface area contributed by atoms with Crippen molar-refractivity contribution in [3.63, 3.8) is 0 Å². The molecular formula is C22H14S2. The van der Waals surface area contributed by atoms with E-state index < -0.39 is 0 Å². The highest BCUT2D eigenvalue weighted by molar-refractivity contribution is 7.26. The Hall–Kier alpha value is -2.16. The van der Waals surface area contributed by atoms with Crippen LogP contribution in [-0.4, -0.2) is 0 Å². The minimum Gasteiger partial charge on any atom is -0.143 e. The minimum absolute atomic E-state index is 1.34. The van der Waals surface area contributed by atoms with Gasteiger partial charge in [0.25, 0.3) is 0 Å². The monoisotopic (exact) mass is 342 g/mol. The highest BCUT2D eigenvalue weighted by Gasteiger charge is 2.27. The van der Waals surface area contributed by atoms with Crippen molar-refractivity contribution >= 4 is 52.9 Å². The van der Waals surface area contributed by atoms with E-state index in [1.165, 1.54) is 63.6 Å². The maximum Gasteiger partial charge on any atom is 0.0364 e. The van der Waals surface area contributed by atoms with Crippen molar-refractivity contribution in [2.24, 2.45) is 0 Å². The van der Waals surface area contributed by atoms with Crippen molar-refractivity contribution in [2.75, 3.05) is 0 Å². The van der Waals surface area contributed by atoms with Gasteiger partial charge >= 0.3 is 0 Å². The predicted octanol–water partition coefficient (Wildman–Crippen LogP) is 7.53. The molecule has 0 bridgehead atoms. The number of rotatable bonds is 0. The standard InChI is InChI=1S/C22H14S2/c1-11-6-7-16-14(8-11)21-18(24-16)9-12(2)19-15-10-23-17-5-3-4-13(20(15)17)22(19)21/h3-10H,1-2H3. The lowest BCUT2D eigenvalue weighted by Gasteiger charge is -2.09. The van der Waals surface area contributed by atoms with E-state index in [2.05, 4.69) is 61.7 Å². The zero-order valence-corrected chi connectivity index (χ0v) is 15.1. The normalized spacial score (nSPS) is 12.6. The third-order valence-corrected chi connectivity index (χ3v) is 7.32. The van der Waals surface area contributed by atoms with Crippen LogP contribution >= 0.6 is 22.7 Å². The van der Waals surface area contributed by atoms with Gasteiger partial charge in [-0.25, -0.2) is 0 Å². The van der Waals surface area contributed by atoms with Gasteiger partial charge < -0.3 is 0 Å². The van der Waals surface area contributed by atoms with Gasteiger partial charge in [0.05, 0.1) is 0 Å². The van der Waals surface area contributed by atoms with Gasteiger partial charge in [-0.2, -0.15) is 0 Å². The van der Waals surface area contributed by atoms with Crippen molar-refractivity contribution in [2.45, 2.75) is 13.8 Å². The van der Waals surface area contributed by atoms with Crippen molar-refractivity contribution < 1.29 is 0 Å². The predicted molar refractivity (Wildman–Crippen MR) is 109 cm³/mol. The van der Waals surface area contributed by atoms with Crippen molar-refractivity contribution in [3.8, 4) is 22.3 Å². The Morgan fingerprint density at radius 2 is 1.67 bits per heavy atom. The van der Waals surface area contributed by atoms with Gasteiger partial charge in [-0.3, -0.25) is 0 Å². The molecule has 1 aliphatic rings. The van der Waals surface area contributed by atoms with Crippen LogP contribution in [0.25, 0.3) is 52.5 Å². The molecule has 0 N–H and O–H groups in total. The van der Waals surface area contributed by atoms with Gasteiger partial charge in [0, 0.05) is 35.8 Å². The van der Waals surface area contributed by atoms with Crippen LogP contribution in [-0.2, 0) is 0 Å². The molecule has 1 aliphatic carbocycles. The molecule has 0 unspecified atom stereocenters. The Morgan fingerprint density at radius 3 is 2.58 bits per heavy atom. The van der Waals surface area contributed by atoms with Crippen LogP contribution in [0.3, 0.4) is 0 Å². The summed E-state index contributed by atoms with van der Waals surface area (Å²) in [5, 5.41) is 6.67. The van der Waals surface area contributed by atoms with E-state index in [0.29, 0.717) is 0 Å². The molecule has 0 spiro atoms. The zero-order valence-electron chi connectivity index (χ0n) is 13.4. The molecule has 0 atom stereocenters. The quantitative estimate of drug-likeness (QED) is 0.267. The lowest BCUT2D eigenvalue weighted by molar-refractivity contribution is 1.51. The third-order valence-electron chi connectivity index (χ3n) is 5.25. The summed E-state index contributed by atoms with van der Waals surface area (Å²) in [5.74, 6) is 0. The molecule has 2 heteroatoms. The van der Waals surface area contributed by atoms with E-state index in [4.69, 9.17) is 0 Å². The molecule has 0 amide bonds. The summed E-state index contributed by atoms with van der Waals surface area (Å²) in [7, 11) is 0. The van der Waals surface area contributed by atoms with Gasteiger partial charge in [-0.15, -0.1) is 22.7 Å². The molecule has 0 saturated heterocycles. The second kappa shape index (κ2) is 4.27. The van der Waals surface area contributed by atoms with Gasteiger partial charge in [0.1, 0.15) is 0 Å². The first-order valence-electron chi connectivity index (χ1n) is 8.20. The summed E-state index contributed by atoms with van der Waals surface area (Å²) in [6, 6.07) is 16.0. The van der Waals surface area contributed by atoms with E-state index in [1.54, 1.807) is 0 Å². The van der Waals surface area contributed by atoms with Crippen LogP contribution in [0.2, 0.25) is 0 Å². The molecule has 24 heavy (non-hydrogen) atoms. The Morgan fingerprint density at radius 1 is 0.750 bits per heavy atom. The molecule has 2 aromatic heterocycles. The molecule has 0 nitrogen and oxygen atoms in total. The SMILES string of the molecule is Cc1ccc2sc3cc(C)c4c(c3c2c1)-c1cccc2scc-4c12. The van der Waals surface area contributed by atoms with Crippen LogP contribution < -0.4 is 0 Å². The van der Waals surface area contributed by atoms with Gasteiger partial charge in [0.15, 0.2) is 0 Å². The number of hydrogen-bond acceptors (Lipinski definition) is 2. The van der Waals surface area contributed by atoms with Gasteiger partial charge in [-0.1, -0.05) is 23.8 Å². The van der Waals surface area contributed by atoms with Crippen molar-refractivity contribution in [1.29, 1.82) is 0 Å². The average molecular weight is 342 g/mol. The maximum absolute atomic E-state index is 2.39. The first kappa shape index (κ1) is 13.2. The smallest absolute Gasteiger partial charge is 0.0364 e. The molecule has 2 heterocycles. The molecular weight excluding hydrogens is 328 g/mol. The first-order valence-corrected chi connectivity index (χ1v) is 9.89. The summed E-state index contributed by atoms with van der Waals surface area (Å²) in [4.78, 5) is 0. The fourth-order valence-corrected chi connectivity index (χ4v) is 6.45. The molecule has 6 rings (SSSR count). The van der Waals surface area contributed by atoms with E-state index in [0.717, 1.165) is 0 Å². The molecule has 0 saturated carbocycles. The summed E-state index contributed by atoms with van der Waals surface area (Å²) in [5.41, 5.74) is 8.51. The molecule has 0 fully saturated rings. The summed E-state index contributed by atoms with van der Waals surface area (Å²) >= 11 is 3.79. The summed E-state index contributed by atoms with van der Waals surface area (Å²) in [6.45, 7) is 4.46. The molecule has 0 aliphatic heterocycles. The Bertz CT molecular complexity index is 1310. The topological polar surface area (TPSA) is 0 Å². The van der Waals surface area contributed by atoms with E-state index in [-0.39, 0.29) is 0 Å². The van der Waals surface area contributed by atoms with E-state index >= 15 is 0 Å². The van der Waals surface area contributed by atoms with Crippen LogP contribution in [0.15, 0.2) is 47.8 Å². The van der Waals surface area contributed by atoms with Crippen LogP contribution in [0.1, 0.15) is 11.1 Å². The Balaban J connectivity index is 1.93. The van der Waals surface area contributed by atoms with Crippen LogP contribution in [0.5, 0.6) is 0 Å². The number of hydrogen-bond donors (Lipinski definition) is 0. The minimum atomic E-state index is 1.34. The fraction of sp³-hybridized carbons (Fsp3) is 0.0909. The zero-order chi connectivity index (χ0) is 16.0. The summed E-state index contributed by atoms with van der Waals surface area (Å²) < 4.78 is 4.21. The lowest BCUT2D eigenvalue weighted by Crippen LogP contribution is -1.84. The highest BCUT2D eigenvalue weighted by atomic mass is 32.1. The highest BCUT2D eigenvalue weighted by Crippen LogP contribution is 2.55. The molecule has 5 aromatic rings. The largest absolute Gasteiger partial charge is 0.143 e. The third kappa shape index (κ3) is 1.44. The maximum atomic E-state index is 2.39. The number of benzene rings is 3. The molecule has 3 aromatic carbocycles.